The van der Waals surface area contributed by atoms with Crippen molar-refractivity contribution in [2.45, 2.75) is 19.4 Å². The molecule has 28 heavy (non-hydrogen) atoms. The molecule has 1 unspecified atom stereocenters. The number of hydrogen-bond acceptors (Lipinski definition) is 5. The van der Waals surface area contributed by atoms with E-state index in [1.54, 1.807) is 14.2 Å². The average Bonchev–Trinajstić information content (AvgIpc) is 2.74. The van der Waals surface area contributed by atoms with E-state index in [0.717, 1.165) is 57.3 Å². The number of rotatable bonds is 5. The molecule has 0 aromatic heterocycles. The summed E-state index contributed by atoms with van der Waals surface area (Å²) >= 11 is 0. The molecule has 2 aromatic carbocycles. The van der Waals surface area contributed by atoms with Crippen LogP contribution < -0.4 is 14.4 Å². The van der Waals surface area contributed by atoms with Gasteiger partial charge in [0, 0.05) is 44.0 Å². The molecule has 0 spiro atoms. The van der Waals surface area contributed by atoms with Crippen LogP contribution in [0.4, 0.5) is 5.69 Å². The number of piperazine rings is 1. The second-order valence-corrected chi connectivity index (χ2v) is 7.55. The first kappa shape index (κ1) is 19.1. The number of fused-ring (bicyclic) bond motifs is 1. The first-order valence-corrected chi connectivity index (χ1v) is 10.1. The first-order chi connectivity index (χ1) is 13.7. The van der Waals surface area contributed by atoms with Crippen molar-refractivity contribution in [3.05, 3.63) is 53.1 Å². The lowest BCUT2D eigenvalue weighted by Gasteiger charge is -2.39. The van der Waals surface area contributed by atoms with Gasteiger partial charge in [-0.25, -0.2) is 0 Å². The smallest absolute Gasteiger partial charge is 0.164 e. The van der Waals surface area contributed by atoms with Gasteiger partial charge in [0.05, 0.1) is 26.9 Å². The third-order valence-corrected chi connectivity index (χ3v) is 5.96. The number of nitrogens with zero attached hydrogens (tertiary/aromatic N) is 2. The summed E-state index contributed by atoms with van der Waals surface area (Å²) < 4.78 is 17.3. The van der Waals surface area contributed by atoms with Crippen molar-refractivity contribution in [2.24, 2.45) is 0 Å². The molecule has 0 radical (unpaired) electrons. The van der Waals surface area contributed by atoms with Gasteiger partial charge in [-0.2, -0.15) is 0 Å². The van der Waals surface area contributed by atoms with Crippen molar-refractivity contribution in [1.29, 1.82) is 0 Å². The fraction of sp³-hybridized carbons (Fsp3) is 0.478. The molecule has 0 aliphatic carbocycles. The maximum atomic E-state index is 6.16. The maximum Gasteiger partial charge on any atom is 0.164 e. The molecule has 0 N–H and O–H groups in total. The highest BCUT2D eigenvalue weighted by Crippen LogP contribution is 2.39. The third kappa shape index (κ3) is 3.69. The standard InChI is InChI=1S/C23H30N2O3/c1-17-6-4-5-7-20(17)25-13-11-24(12-14-25)16-22-18-8-9-21(26-2)23(27-3)19(18)10-15-28-22/h4-9,22H,10-16H2,1-3H3. The predicted molar refractivity (Wildman–Crippen MR) is 112 cm³/mol. The normalized spacial score (nSPS) is 20.0. The maximum absolute atomic E-state index is 6.16. The molecular weight excluding hydrogens is 352 g/mol. The number of aryl methyl sites for hydroxylation is 1. The summed E-state index contributed by atoms with van der Waals surface area (Å²) in [5.41, 5.74) is 5.18. The van der Waals surface area contributed by atoms with Crippen molar-refractivity contribution < 1.29 is 14.2 Å². The van der Waals surface area contributed by atoms with Crippen molar-refractivity contribution in [3.63, 3.8) is 0 Å². The van der Waals surface area contributed by atoms with Crippen molar-refractivity contribution >= 4 is 5.69 Å². The van der Waals surface area contributed by atoms with E-state index in [1.165, 1.54) is 22.4 Å². The Morgan fingerprint density at radius 1 is 1.00 bits per heavy atom. The van der Waals surface area contributed by atoms with E-state index in [4.69, 9.17) is 14.2 Å². The molecule has 2 aromatic rings. The number of anilines is 1. The van der Waals surface area contributed by atoms with Crippen LogP contribution in [0.2, 0.25) is 0 Å². The van der Waals surface area contributed by atoms with Gasteiger partial charge < -0.3 is 19.1 Å². The van der Waals surface area contributed by atoms with Gasteiger partial charge in [0.2, 0.25) is 0 Å². The quantitative estimate of drug-likeness (QED) is 0.791. The third-order valence-electron chi connectivity index (χ3n) is 5.96. The first-order valence-electron chi connectivity index (χ1n) is 10.1. The molecule has 0 amide bonds. The van der Waals surface area contributed by atoms with Crippen LogP contribution in [0, 0.1) is 6.92 Å². The lowest BCUT2D eigenvalue weighted by atomic mass is 9.95. The summed E-state index contributed by atoms with van der Waals surface area (Å²) in [6.07, 6.45) is 0.960. The summed E-state index contributed by atoms with van der Waals surface area (Å²) in [4.78, 5) is 5.01. The minimum absolute atomic E-state index is 0.0913. The zero-order chi connectivity index (χ0) is 19.5. The molecule has 1 atom stereocenters. The van der Waals surface area contributed by atoms with Gasteiger partial charge in [-0.1, -0.05) is 24.3 Å². The number of methoxy groups -OCH3 is 2. The predicted octanol–water partition coefficient (Wildman–Crippen LogP) is 3.45. The molecule has 0 bridgehead atoms. The lowest BCUT2D eigenvalue weighted by molar-refractivity contribution is 0.0142. The molecule has 1 saturated heterocycles. The molecule has 2 aliphatic heterocycles. The van der Waals surface area contributed by atoms with Crippen LogP contribution in [0.3, 0.4) is 0 Å². The topological polar surface area (TPSA) is 34.2 Å². The summed E-state index contributed by atoms with van der Waals surface area (Å²) in [6, 6.07) is 12.8. The van der Waals surface area contributed by atoms with Gasteiger partial charge >= 0.3 is 0 Å². The van der Waals surface area contributed by atoms with Gasteiger partial charge in [0.25, 0.3) is 0 Å². The van der Waals surface area contributed by atoms with Crippen LogP contribution in [-0.4, -0.2) is 58.5 Å². The Morgan fingerprint density at radius 3 is 2.50 bits per heavy atom. The van der Waals surface area contributed by atoms with Gasteiger partial charge in [-0.05, 0) is 36.6 Å². The molecule has 5 heteroatoms. The monoisotopic (exact) mass is 382 g/mol. The summed E-state index contributed by atoms with van der Waals surface area (Å²) in [6.45, 7) is 8.05. The highest BCUT2D eigenvalue weighted by molar-refractivity contribution is 5.54. The number of ether oxygens (including phenoxy) is 3. The van der Waals surface area contributed by atoms with Gasteiger partial charge in [-0.3, -0.25) is 4.90 Å². The van der Waals surface area contributed by atoms with Crippen molar-refractivity contribution in [1.82, 2.24) is 4.90 Å². The average molecular weight is 383 g/mol. The van der Waals surface area contributed by atoms with E-state index in [1.807, 2.05) is 6.07 Å². The number of para-hydroxylation sites is 1. The Hall–Kier alpha value is -2.24. The second kappa shape index (κ2) is 8.41. The Balaban J connectivity index is 1.44. The zero-order valence-electron chi connectivity index (χ0n) is 17.1. The fourth-order valence-electron chi connectivity index (χ4n) is 4.43. The molecule has 150 valence electrons. The summed E-state index contributed by atoms with van der Waals surface area (Å²) in [5.74, 6) is 1.66. The molecule has 4 rings (SSSR count). The largest absolute Gasteiger partial charge is 0.493 e. The fourth-order valence-corrected chi connectivity index (χ4v) is 4.43. The SMILES string of the molecule is COc1ccc2c(c1OC)CCOC2CN1CCN(c2ccccc2C)CC1. The van der Waals surface area contributed by atoms with Gasteiger partial charge in [0.15, 0.2) is 11.5 Å². The van der Waals surface area contributed by atoms with Crippen LogP contribution >= 0.6 is 0 Å². The van der Waals surface area contributed by atoms with E-state index in [0.29, 0.717) is 0 Å². The Labute approximate surface area is 167 Å². The summed E-state index contributed by atoms with van der Waals surface area (Å²) in [7, 11) is 3.41. The van der Waals surface area contributed by atoms with E-state index in [9.17, 15) is 0 Å². The molecule has 2 heterocycles. The lowest BCUT2D eigenvalue weighted by Crippen LogP contribution is -2.48. The molecule has 5 nitrogen and oxygen atoms in total. The van der Waals surface area contributed by atoms with Crippen LogP contribution in [0.15, 0.2) is 36.4 Å². The molecule has 1 fully saturated rings. The highest BCUT2D eigenvalue weighted by Gasteiger charge is 2.28. The van der Waals surface area contributed by atoms with Crippen LogP contribution in [0.1, 0.15) is 22.8 Å². The Morgan fingerprint density at radius 2 is 1.79 bits per heavy atom. The van der Waals surface area contributed by atoms with Crippen LogP contribution in [-0.2, 0) is 11.2 Å². The van der Waals surface area contributed by atoms with Crippen LogP contribution in [0.25, 0.3) is 0 Å². The van der Waals surface area contributed by atoms with E-state index in [-0.39, 0.29) is 6.10 Å². The second-order valence-electron chi connectivity index (χ2n) is 7.55. The van der Waals surface area contributed by atoms with Gasteiger partial charge in [0.1, 0.15) is 0 Å². The summed E-state index contributed by atoms with van der Waals surface area (Å²) in [5, 5.41) is 0. The highest BCUT2D eigenvalue weighted by atomic mass is 16.5. The van der Waals surface area contributed by atoms with E-state index < -0.39 is 0 Å². The Kier molecular flexibility index (Phi) is 5.74. The van der Waals surface area contributed by atoms with E-state index in [2.05, 4.69) is 47.1 Å². The Bertz CT molecular complexity index is 815. The minimum Gasteiger partial charge on any atom is -0.493 e. The zero-order valence-corrected chi connectivity index (χ0v) is 17.1. The van der Waals surface area contributed by atoms with Crippen molar-refractivity contribution in [2.75, 3.05) is 58.5 Å². The molecular formula is C23H30N2O3. The number of benzene rings is 2. The van der Waals surface area contributed by atoms with Crippen LogP contribution in [0.5, 0.6) is 11.5 Å². The minimum atomic E-state index is 0.0913. The van der Waals surface area contributed by atoms with Crippen molar-refractivity contribution in [3.8, 4) is 11.5 Å². The molecule has 0 saturated carbocycles. The van der Waals surface area contributed by atoms with E-state index >= 15 is 0 Å². The number of hydrogen-bond donors (Lipinski definition) is 0. The molecule has 2 aliphatic rings. The van der Waals surface area contributed by atoms with Gasteiger partial charge in [-0.15, -0.1) is 0 Å².